The van der Waals surface area contributed by atoms with E-state index in [4.69, 9.17) is 11.6 Å². The zero-order valence-electron chi connectivity index (χ0n) is 14.6. The predicted molar refractivity (Wildman–Crippen MR) is 109 cm³/mol. The molecule has 0 saturated heterocycles. The molecule has 0 aliphatic rings. The van der Waals surface area contributed by atoms with Gasteiger partial charge in [0, 0.05) is 22.1 Å². The Bertz CT molecular complexity index is 717. The van der Waals surface area contributed by atoms with Gasteiger partial charge in [-0.05, 0) is 49.2 Å². The molecule has 24 heavy (non-hydrogen) atoms. The van der Waals surface area contributed by atoms with Gasteiger partial charge in [-0.15, -0.1) is 0 Å². The van der Waals surface area contributed by atoms with Crippen molar-refractivity contribution in [2.45, 2.75) is 26.2 Å². The molecule has 0 amide bonds. The van der Waals surface area contributed by atoms with Crippen LogP contribution >= 0.6 is 11.6 Å². The van der Waals surface area contributed by atoms with Crippen molar-refractivity contribution in [2.75, 3.05) is 7.05 Å². The van der Waals surface area contributed by atoms with E-state index in [1.807, 2.05) is 54.6 Å². The van der Waals surface area contributed by atoms with Crippen molar-refractivity contribution in [3.8, 4) is 0 Å². The fourth-order valence-electron chi connectivity index (χ4n) is 2.31. The molecule has 0 spiro atoms. The number of aryl methyl sites for hydroxylation is 1. The Balaban J connectivity index is 0.000000245. The fraction of sp³-hybridized carbons (Fsp3) is 0.238. The maximum Gasteiger partial charge on any atom is 0.0457 e. The molecular formula is C21H27ClN2. The number of aromatic amines is 1. The van der Waals surface area contributed by atoms with Crippen molar-refractivity contribution in [3.05, 3.63) is 77.5 Å². The van der Waals surface area contributed by atoms with Gasteiger partial charge in [-0.2, -0.15) is 0 Å². The van der Waals surface area contributed by atoms with Gasteiger partial charge < -0.3 is 10.7 Å². The lowest BCUT2D eigenvalue weighted by Gasteiger charge is -1.97. The second kappa shape index (κ2) is 11.5. The Kier molecular flexibility index (Phi) is 9.59. The molecular weight excluding hydrogens is 316 g/mol. The van der Waals surface area contributed by atoms with E-state index in [0.717, 1.165) is 11.4 Å². The molecule has 128 valence electrons. The number of unbranched alkanes of at least 4 members (excludes halogenated alkanes) is 1. The lowest BCUT2D eigenvalue weighted by atomic mass is 10.1. The minimum absolute atomic E-state index is 0.815. The molecule has 2 nitrogen and oxygen atoms in total. The van der Waals surface area contributed by atoms with Crippen LogP contribution in [0.2, 0.25) is 5.02 Å². The number of nitrogens with one attached hydrogen (secondary N) is 1. The average molecular weight is 343 g/mol. The Morgan fingerprint density at radius 2 is 1.83 bits per heavy atom. The van der Waals surface area contributed by atoms with Crippen molar-refractivity contribution < 1.29 is 0 Å². The van der Waals surface area contributed by atoms with Crippen LogP contribution in [0.5, 0.6) is 0 Å². The maximum atomic E-state index is 5.97. The van der Waals surface area contributed by atoms with Crippen LogP contribution in [0.4, 0.5) is 0 Å². The second-order valence-electron chi connectivity index (χ2n) is 5.22. The van der Waals surface area contributed by atoms with Crippen molar-refractivity contribution in [3.63, 3.8) is 0 Å². The normalized spacial score (nSPS) is 9.50. The van der Waals surface area contributed by atoms with Gasteiger partial charge >= 0.3 is 0 Å². The molecule has 2 aromatic carbocycles. The number of hydrogen-bond acceptors (Lipinski definition) is 1. The Morgan fingerprint density at radius 1 is 1.12 bits per heavy atom. The molecule has 0 radical (unpaired) electrons. The van der Waals surface area contributed by atoms with Gasteiger partial charge in [0.25, 0.3) is 0 Å². The van der Waals surface area contributed by atoms with Crippen LogP contribution in [0, 0.1) is 0 Å². The number of hydrogen-bond donors (Lipinski definition) is 2. The summed E-state index contributed by atoms with van der Waals surface area (Å²) in [4.78, 5) is 3.27. The van der Waals surface area contributed by atoms with Crippen LogP contribution in [0.25, 0.3) is 17.0 Å². The molecule has 0 aliphatic carbocycles. The SMILES string of the molecule is C=Cc1ccccc1.CCCCc1c[nH]c2ccc(Cl)cc12.CN. The number of halogens is 1. The zero-order valence-corrected chi connectivity index (χ0v) is 15.3. The molecule has 0 saturated carbocycles. The average Bonchev–Trinajstić information content (AvgIpc) is 3.05. The lowest BCUT2D eigenvalue weighted by molar-refractivity contribution is 0.799. The first-order valence-corrected chi connectivity index (χ1v) is 8.63. The van der Waals surface area contributed by atoms with E-state index in [9.17, 15) is 0 Å². The summed E-state index contributed by atoms with van der Waals surface area (Å²) in [6.45, 7) is 5.84. The van der Waals surface area contributed by atoms with Gasteiger partial charge in [0.2, 0.25) is 0 Å². The highest BCUT2D eigenvalue weighted by Gasteiger charge is 2.03. The van der Waals surface area contributed by atoms with E-state index in [2.05, 4.69) is 30.4 Å². The summed E-state index contributed by atoms with van der Waals surface area (Å²) < 4.78 is 0. The summed E-state index contributed by atoms with van der Waals surface area (Å²) in [7, 11) is 1.50. The topological polar surface area (TPSA) is 41.8 Å². The van der Waals surface area contributed by atoms with Crippen molar-refractivity contribution in [1.29, 1.82) is 0 Å². The molecule has 3 N–H and O–H groups in total. The predicted octanol–water partition coefficient (Wildman–Crippen LogP) is 6.07. The molecule has 1 aromatic heterocycles. The van der Waals surface area contributed by atoms with Gasteiger partial charge in [-0.1, -0.05) is 67.9 Å². The molecule has 0 aliphatic heterocycles. The maximum absolute atomic E-state index is 5.97. The third-order valence-electron chi connectivity index (χ3n) is 3.56. The van der Waals surface area contributed by atoms with Crippen molar-refractivity contribution in [1.82, 2.24) is 4.98 Å². The first-order valence-electron chi connectivity index (χ1n) is 8.25. The highest BCUT2D eigenvalue weighted by molar-refractivity contribution is 6.31. The minimum atomic E-state index is 0.815. The highest BCUT2D eigenvalue weighted by atomic mass is 35.5. The van der Waals surface area contributed by atoms with E-state index in [1.54, 1.807) is 0 Å². The smallest absolute Gasteiger partial charge is 0.0457 e. The summed E-state index contributed by atoms with van der Waals surface area (Å²) in [5, 5.41) is 2.08. The number of aromatic nitrogens is 1. The second-order valence-corrected chi connectivity index (χ2v) is 5.66. The molecule has 1 heterocycles. The number of H-pyrrole nitrogens is 1. The molecule has 3 rings (SSSR count). The van der Waals surface area contributed by atoms with Crippen LogP contribution < -0.4 is 5.73 Å². The minimum Gasteiger partial charge on any atom is -0.361 e. The zero-order chi connectivity index (χ0) is 17.8. The third-order valence-corrected chi connectivity index (χ3v) is 3.80. The van der Waals surface area contributed by atoms with Gasteiger partial charge in [0.1, 0.15) is 0 Å². The summed E-state index contributed by atoms with van der Waals surface area (Å²) in [6, 6.07) is 16.0. The third kappa shape index (κ3) is 6.23. The van der Waals surface area contributed by atoms with E-state index >= 15 is 0 Å². The lowest BCUT2D eigenvalue weighted by Crippen LogP contribution is -1.81. The standard InChI is InChI=1S/C12H14ClN.C8H8.CH5N/c1-2-3-4-9-8-14-12-6-5-10(13)7-11(9)12;1-2-8-6-4-3-5-7-8;1-2/h5-8,14H,2-4H2,1H3;2-7H,1H2;2H2,1H3. The first kappa shape index (κ1) is 20.0. The molecule has 0 fully saturated rings. The van der Waals surface area contributed by atoms with Gasteiger partial charge in [-0.25, -0.2) is 0 Å². The van der Waals surface area contributed by atoms with Gasteiger partial charge in [-0.3, -0.25) is 0 Å². The summed E-state index contributed by atoms with van der Waals surface area (Å²) >= 11 is 5.97. The highest BCUT2D eigenvalue weighted by Crippen LogP contribution is 2.23. The largest absolute Gasteiger partial charge is 0.361 e. The van der Waals surface area contributed by atoms with Gasteiger partial charge in [0.05, 0.1) is 0 Å². The molecule has 0 atom stereocenters. The van der Waals surface area contributed by atoms with E-state index in [-0.39, 0.29) is 0 Å². The number of rotatable bonds is 4. The first-order chi connectivity index (χ1) is 11.7. The van der Waals surface area contributed by atoms with Crippen LogP contribution in [-0.4, -0.2) is 12.0 Å². The summed E-state index contributed by atoms with van der Waals surface area (Å²) in [5.41, 5.74) is 8.23. The Labute approximate surface area is 150 Å². The van der Waals surface area contributed by atoms with Gasteiger partial charge in [0.15, 0.2) is 0 Å². The Morgan fingerprint density at radius 3 is 2.42 bits per heavy atom. The van der Waals surface area contributed by atoms with Crippen LogP contribution in [0.1, 0.15) is 30.9 Å². The van der Waals surface area contributed by atoms with Crippen LogP contribution in [0.15, 0.2) is 61.3 Å². The van der Waals surface area contributed by atoms with E-state index in [0.29, 0.717) is 0 Å². The van der Waals surface area contributed by atoms with Crippen LogP contribution in [0.3, 0.4) is 0 Å². The van der Waals surface area contributed by atoms with Crippen molar-refractivity contribution in [2.24, 2.45) is 5.73 Å². The van der Waals surface area contributed by atoms with E-state index < -0.39 is 0 Å². The quantitative estimate of drug-likeness (QED) is 0.593. The number of nitrogens with two attached hydrogens (primary N) is 1. The fourth-order valence-corrected chi connectivity index (χ4v) is 2.49. The molecule has 0 unspecified atom stereocenters. The Hall–Kier alpha value is -2.03. The number of fused-ring (bicyclic) bond motifs is 1. The summed E-state index contributed by atoms with van der Waals surface area (Å²) in [6.07, 6.45) is 7.53. The van der Waals surface area contributed by atoms with E-state index in [1.165, 1.54) is 41.9 Å². The van der Waals surface area contributed by atoms with Crippen LogP contribution in [-0.2, 0) is 6.42 Å². The molecule has 0 bridgehead atoms. The van der Waals surface area contributed by atoms with Crippen molar-refractivity contribution >= 4 is 28.6 Å². The summed E-state index contributed by atoms with van der Waals surface area (Å²) in [5.74, 6) is 0. The molecule has 3 aromatic rings. The monoisotopic (exact) mass is 342 g/mol. The molecule has 3 heteroatoms. The number of benzene rings is 2.